The first-order valence-electron chi connectivity index (χ1n) is 39.5. The molecule has 0 spiro atoms. The molecule has 3 aliphatic heterocycles. The van der Waals surface area contributed by atoms with Crippen molar-refractivity contribution in [1.29, 1.82) is 0 Å². The molecule has 0 saturated carbocycles. The Hall–Kier alpha value is -11.8. The van der Waals surface area contributed by atoms with Crippen molar-refractivity contribution >= 4 is 123 Å². The highest BCUT2D eigenvalue weighted by atomic mass is 79.9. The van der Waals surface area contributed by atoms with Crippen LogP contribution in [0.2, 0.25) is 0 Å². The Balaban J connectivity index is 0.000000122. The van der Waals surface area contributed by atoms with E-state index in [4.69, 9.17) is 9.47 Å². The number of aromatic hydroxyl groups is 3. The molecule has 38 heteroatoms. The Morgan fingerprint density at radius 3 is 1.59 bits per heavy atom. The lowest BCUT2D eigenvalue weighted by atomic mass is 9.94. The van der Waals surface area contributed by atoms with Crippen LogP contribution in [-0.4, -0.2) is 195 Å². The van der Waals surface area contributed by atoms with Crippen LogP contribution in [0, 0.1) is 6.92 Å². The minimum absolute atomic E-state index is 0.158. The molecule has 17 aromatic rings. The summed E-state index contributed by atoms with van der Waals surface area (Å²) >= 11 is 21.2. The van der Waals surface area contributed by atoms with Crippen LogP contribution in [0.15, 0.2) is 251 Å². The fourth-order valence-electron chi connectivity index (χ4n) is 13.6. The van der Waals surface area contributed by atoms with Gasteiger partial charge in [0.05, 0.1) is 95.5 Å². The summed E-state index contributed by atoms with van der Waals surface area (Å²) in [6.07, 6.45) is 21.6. The van der Waals surface area contributed by atoms with Gasteiger partial charge in [-0.25, -0.2) is 4.98 Å². The first-order chi connectivity index (χ1) is 61.1. The molecule has 0 bridgehead atoms. The first kappa shape index (κ1) is 89.5. The Morgan fingerprint density at radius 1 is 0.456 bits per heavy atom. The number of nitrogens with zero attached hydrogens (tertiary/aromatic N) is 19. The maximum Gasteiger partial charge on any atom is 0.279 e. The third kappa shape index (κ3) is 25.5. The van der Waals surface area contributed by atoms with E-state index in [0.29, 0.717) is 63.2 Å². The average molecular weight is 2080 g/mol. The second-order valence-electron chi connectivity index (χ2n) is 28.6. The number of piperidine rings is 2. The molecule has 20 rings (SSSR count). The number of pyridine rings is 1. The van der Waals surface area contributed by atoms with Crippen LogP contribution in [0.4, 0.5) is 0 Å². The maximum atomic E-state index is 9.63. The van der Waals surface area contributed by atoms with Crippen molar-refractivity contribution in [3.05, 3.63) is 291 Å². The van der Waals surface area contributed by atoms with Crippen molar-refractivity contribution < 1.29 is 24.8 Å². The quantitative estimate of drug-likeness (QED) is 0.0359. The number of thiazole rings is 1. The zero-order valence-electron chi connectivity index (χ0n) is 67.0. The van der Waals surface area contributed by atoms with E-state index >= 15 is 0 Å². The number of rotatable bonds is 19. The molecule has 3 aliphatic rings. The van der Waals surface area contributed by atoms with Crippen LogP contribution in [0.3, 0.4) is 0 Å². The summed E-state index contributed by atoms with van der Waals surface area (Å²) in [6.45, 7) is 10.2. The van der Waals surface area contributed by atoms with E-state index in [1.165, 1.54) is 40.7 Å². The molecule has 0 atom stereocenters. The number of benzene rings is 8. The van der Waals surface area contributed by atoms with Gasteiger partial charge in [-0.3, -0.25) is 9.98 Å². The summed E-state index contributed by atoms with van der Waals surface area (Å²) in [6, 6.07) is 57.8. The maximum absolute atomic E-state index is 9.63. The van der Waals surface area contributed by atoms with Gasteiger partial charge in [0.15, 0.2) is 4.60 Å². The van der Waals surface area contributed by atoms with Crippen LogP contribution in [0.5, 0.6) is 33.9 Å². The summed E-state index contributed by atoms with van der Waals surface area (Å²) in [5, 5.41) is 102. The SMILES string of the molecule is C1=NCc2c1cccc2-c1cn[nH]n1.Cc1ccnc(-c2n[nH]nc2Br)c1.Oc1c(Br)ccc(-c2cn[nH]n2)c1Br.Oc1cc(-c2cn[nH]n2)c(Br)cc1Br.Oc1cc(-c2cn[nH]n2)ccc1Br.c1ccc(CCOc2ccc(CCN3CCC(c4cn[nH]n4)CC3)cc2)cc1.c1ccc2sc(Oc3ccc(CCN4CCC(c5cn[nH]n5)CC4)cc3)nc2c1. The molecule has 638 valence electrons. The van der Waals surface area contributed by atoms with Crippen molar-refractivity contribution in [2.24, 2.45) is 4.99 Å². The van der Waals surface area contributed by atoms with Crippen molar-refractivity contribution in [3.63, 3.8) is 0 Å². The number of nitrogens with one attached hydrogen (secondary N) is 7. The number of likely N-dealkylation sites (tertiary alicyclic amines) is 2. The van der Waals surface area contributed by atoms with Crippen LogP contribution in [0.1, 0.15) is 82.3 Å². The zero-order chi connectivity index (χ0) is 86.6. The lowest BCUT2D eigenvalue weighted by molar-refractivity contribution is 0.213. The van der Waals surface area contributed by atoms with Crippen LogP contribution in [0.25, 0.3) is 66.6 Å². The molecule has 0 unspecified atom stereocenters. The van der Waals surface area contributed by atoms with Crippen molar-refractivity contribution in [1.82, 2.24) is 128 Å². The molecule has 8 aromatic carbocycles. The molecule has 2 saturated heterocycles. The number of aromatic nitrogens is 23. The van der Waals surface area contributed by atoms with Crippen LogP contribution < -0.4 is 9.47 Å². The monoisotopic (exact) mass is 2080 g/mol. The Morgan fingerprint density at radius 2 is 1.02 bits per heavy atom. The topological polar surface area (TPSA) is 415 Å². The minimum Gasteiger partial charge on any atom is -0.507 e. The smallest absolute Gasteiger partial charge is 0.279 e. The molecule has 0 amide bonds. The van der Waals surface area contributed by atoms with E-state index in [9.17, 15) is 15.3 Å². The van der Waals surface area contributed by atoms with Gasteiger partial charge in [0.1, 0.15) is 57.2 Å². The number of phenols is 3. The number of phenolic OH excluding ortho intramolecular Hbond substituents is 3. The van der Waals surface area contributed by atoms with Crippen molar-refractivity contribution in [2.45, 2.75) is 70.3 Å². The molecule has 0 aliphatic carbocycles. The Labute approximate surface area is 771 Å². The van der Waals surface area contributed by atoms with Gasteiger partial charge in [-0.1, -0.05) is 124 Å². The summed E-state index contributed by atoms with van der Waals surface area (Å²) < 4.78 is 17.0. The van der Waals surface area contributed by atoms with E-state index in [1.54, 1.807) is 72.7 Å². The number of para-hydroxylation sites is 1. The van der Waals surface area contributed by atoms with Crippen LogP contribution >= 0.6 is 107 Å². The lowest BCUT2D eigenvalue weighted by Gasteiger charge is -2.31. The number of fused-ring (bicyclic) bond motifs is 2. The third-order valence-electron chi connectivity index (χ3n) is 20.3. The second-order valence-corrected chi connectivity index (χ2v) is 34.6. The van der Waals surface area contributed by atoms with Gasteiger partial charge >= 0.3 is 0 Å². The normalized spacial score (nSPS) is 13.1. The van der Waals surface area contributed by atoms with Gasteiger partial charge in [-0.2, -0.15) is 103 Å². The second kappa shape index (κ2) is 45.2. The molecule has 2 fully saturated rings. The number of ether oxygens (including phenoxy) is 2. The Bertz CT molecular complexity index is 6100. The molecule has 10 N–H and O–H groups in total. The largest absolute Gasteiger partial charge is 0.507 e. The van der Waals surface area contributed by atoms with E-state index in [0.717, 1.165) is 160 Å². The van der Waals surface area contributed by atoms with E-state index in [1.807, 2.05) is 98.3 Å². The van der Waals surface area contributed by atoms with Gasteiger partial charge in [0, 0.05) is 70.5 Å². The standard InChI is InChI=1S/C23H28N4O.C22H23N5OS.C10H8N4.2C8H5Br2N3O.C8H7BrN4.C8H6BrN3O/c1-2-4-19(5-3-1)13-17-28-22-8-6-20(7-9-22)10-14-27-15-11-21(12-16-27)23-18-24-26-25-23;1-2-4-21-19(3-1)24-22(29-21)28-18-7-5-16(6-8-18)9-12-27-13-10-17(11-14-27)20-15-23-26-25-20;1-2-7-4-11-5-9(7)8(3-1)10-6-12-14-13-10;9-5-2-6(10)8(14)1-4(5)7-3-11-13-12-7;9-5-2-1-4(7(10)8(5)14)6-3-11-13-12-6;1-5-2-3-10-6(4-5)7-8(9)12-13-11-7;9-6-2-1-5(3-8(6)13)7-4-10-12-11-7/h1-9,18,21H,10-17H2,(H,24,25,26);1-8,15,17H,9-14H2,(H,23,25,26);1-4,6H,5H2,(H,12,13,14);2*1-3,14H,(H,11,12,13);2-4H,1H3,(H,11,12,13);1-4,13H,(H,10,11,12). The Kier molecular flexibility index (Phi) is 32.4. The summed E-state index contributed by atoms with van der Waals surface area (Å²) in [7, 11) is 0. The van der Waals surface area contributed by atoms with E-state index in [-0.39, 0.29) is 17.2 Å². The van der Waals surface area contributed by atoms with Crippen molar-refractivity contribution in [2.75, 3.05) is 45.9 Å². The number of H-pyrrole nitrogens is 7. The molecular formula is C87H82Br6N26O5S. The van der Waals surface area contributed by atoms with Gasteiger partial charge in [-0.15, -0.1) is 5.10 Å². The predicted molar refractivity (Wildman–Crippen MR) is 499 cm³/mol. The minimum atomic E-state index is 0.158. The fraction of sp³-hybridized carbons (Fsp3) is 0.207. The highest BCUT2D eigenvalue weighted by Gasteiger charge is 2.25. The van der Waals surface area contributed by atoms with Gasteiger partial charge < -0.3 is 34.6 Å². The van der Waals surface area contributed by atoms with Crippen LogP contribution in [-0.2, 0) is 25.8 Å². The lowest BCUT2D eigenvalue weighted by Crippen LogP contribution is -2.34. The number of aliphatic imine (C=N–C) groups is 1. The fourth-order valence-corrected chi connectivity index (χ4v) is 17.4. The van der Waals surface area contributed by atoms with E-state index in [2.05, 4.69) is 301 Å². The molecule has 12 heterocycles. The van der Waals surface area contributed by atoms with Gasteiger partial charge in [0.25, 0.3) is 5.19 Å². The summed E-state index contributed by atoms with van der Waals surface area (Å²) in [5.74, 6) is 3.41. The van der Waals surface area contributed by atoms with E-state index < -0.39 is 0 Å². The third-order valence-corrected chi connectivity index (χ3v) is 25.2. The molecule has 31 nitrogen and oxygen atoms in total. The zero-order valence-corrected chi connectivity index (χ0v) is 77.3. The number of aromatic amines is 7. The number of halogens is 6. The molecule has 9 aromatic heterocycles. The van der Waals surface area contributed by atoms with Crippen molar-refractivity contribution in [3.8, 4) is 90.4 Å². The first-order valence-corrected chi connectivity index (χ1v) is 45.1. The number of hydrogen-bond donors (Lipinski definition) is 10. The van der Waals surface area contributed by atoms with Gasteiger partial charge in [-0.05, 0) is 264 Å². The summed E-state index contributed by atoms with van der Waals surface area (Å²) in [5.41, 5.74) is 18.8. The van der Waals surface area contributed by atoms with Gasteiger partial charge in [0.2, 0.25) is 0 Å². The number of hydrogen-bond acceptors (Lipinski definition) is 25. The highest BCUT2D eigenvalue weighted by molar-refractivity contribution is 9.11. The average Bonchev–Trinajstić information content (AvgIpc) is 1.80. The summed E-state index contributed by atoms with van der Waals surface area (Å²) in [4.78, 5) is 18.1. The number of aryl methyl sites for hydroxylation is 1. The predicted octanol–water partition coefficient (Wildman–Crippen LogP) is 19.2. The molecule has 125 heavy (non-hydrogen) atoms. The molecule has 0 radical (unpaired) electrons. The highest BCUT2D eigenvalue weighted by Crippen LogP contribution is 2.40. The molecular weight excluding hydrogens is 2000 g/mol.